The minimum Gasteiger partial charge on any atom is -0.496 e. The number of aliphatic imine (C=N–C) groups is 1. The number of carbonyl (C=O) groups excluding carboxylic acids is 2. The number of rotatable bonds is 15. The molecule has 0 bridgehead atoms. The largest absolute Gasteiger partial charge is 0.496 e. The first-order valence-corrected chi connectivity index (χ1v) is 16.1. The highest BCUT2D eigenvalue weighted by Gasteiger charge is 2.53. The molecule has 1 heterocycles. The van der Waals surface area contributed by atoms with Crippen molar-refractivity contribution in [1.29, 1.82) is 0 Å². The molecule has 0 saturated heterocycles. The van der Waals surface area contributed by atoms with Crippen LogP contribution in [0.1, 0.15) is 62.8 Å². The van der Waals surface area contributed by atoms with Gasteiger partial charge in [0.15, 0.2) is 11.6 Å². The summed E-state index contributed by atoms with van der Waals surface area (Å²) in [6.07, 6.45) is 0.262. The van der Waals surface area contributed by atoms with Crippen LogP contribution in [0.15, 0.2) is 82.3 Å². The van der Waals surface area contributed by atoms with Gasteiger partial charge >= 0.3 is 5.97 Å². The number of nitrogens with zero attached hydrogens (tertiary/aromatic N) is 1. The highest BCUT2D eigenvalue weighted by Crippen LogP contribution is 2.43. The van der Waals surface area contributed by atoms with Gasteiger partial charge < -0.3 is 24.1 Å². The van der Waals surface area contributed by atoms with Crippen LogP contribution in [-0.2, 0) is 25.5 Å². The zero-order valence-electron chi connectivity index (χ0n) is 26.7. The maximum absolute atomic E-state index is 14.2. The summed E-state index contributed by atoms with van der Waals surface area (Å²) in [5.74, 6) is 0.786. The second-order valence-electron chi connectivity index (χ2n) is 11.9. The van der Waals surface area contributed by atoms with Gasteiger partial charge in [0.25, 0.3) is 5.91 Å². The number of aliphatic hydroxyl groups excluding tert-OH is 1. The van der Waals surface area contributed by atoms with E-state index in [1.807, 2.05) is 48.5 Å². The Balaban J connectivity index is 1.64. The normalized spacial score (nSPS) is 17.5. The molecule has 0 unspecified atom stereocenters. The van der Waals surface area contributed by atoms with E-state index in [-0.39, 0.29) is 25.3 Å². The summed E-state index contributed by atoms with van der Waals surface area (Å²) in [7, 11) is 1.62. The zero-order chi connectivity index (χ0) is 33.2. The van der Waals surface area contributed by atoms with Gasteiger partial charge in [0.2, 0.25) is 5.90 Å². The maximum Gasteiger partial charge on any atom is 0.306 e. The molecule has 10 nitrogen and oxygen atoms in total. The van der Waals surface area contributed by atoms with Gasteiger partial charge in [-0.1, -0.05) is 46.3 Å². The molecule has 0 spiro atoms. The smallest absolute Gasteiger partial charge is 0.306 e. The molecule has 0 aliphatic carbocycles. The van der Waals surface area contributed by atoms with E-state index in [1.165, 1.54) is 0 Å². The number of hydrazine groups is 1. The van der Waals surface area contributed by atoms with Gasteiger partial charge in [-0.2, -0.15) is 0 Å². The van der Waals surface area contributed by atoms with Gasteiger partial charge in [0.1, 0.15) is 17.1 Å². The van der Waals surface area contributed by atoms with Crippen LogP contribution in [0.4, 0.5) is 0 Å². The zero-order valence-corrected chi connectivity index (χ0v) is 28.3. The number of halogens is 1. The number of amides is 1. The Morgan fingerprint density at radius 2 is 1.76 bits per heavy atom. The van der Waals surface area contributed by atoms with Crippen LogP contribution in [0, 0.1) is 0 Å². The van der Waals surface area contributed by atoms with E-state index in [0.717, 1.165) is 21.3 Å². The fraction of sp³-hybridized carbons (Fsp3) is 0.400. The van der Waals surface area contributed by atoms with Crippen LogP contribution in [-0.4, -0.2) is 60.9 Å². The van der Waals surface area contributed by atoms with Gasteiger partial charge in [0.05, 0.1) is 13.7 Å². The Kier molecular flexibility index (Phi) is 12.2. The molecule has 0 fully saturated rings. The number of esters is 1. The number of methoxy groups -OCH3 is 1. The van der Waals surface area contributed by atoms with Crippen molar-refractivity contribution in [2.75, 3.05) is 26.9 Å². The highest BCUT2D eigenvalue weighted by molar-refractivity contribution is 9.10. The van der Waals surface area contributed by atoms with E-state index in [4.69, 9.17) is 29.0 Å². The molecular formula is C35H42BrN3O7. The first-order valence-electron chi connectivity index (χ1n) is 15.3. The summed E-state index contributed by atoms with van der Waals surface area (Å²) in [5.41, 5.74) is 6.06. The minimum atomic E-state index is -1.51. The number of aliphatic hydroxyl groups is 1. The Hall–Kier alpha value is -3.93. The molecule has 246 valence electrons. The van der Waals surface area contributed by atoms with Crippen molar-refractivity contribution in [3.8, 4) is 11.5 Å². The van der Waals surface area contributed by atoms with Crippen LogP contribution in [0.3, 0.4) is 0 Å². The van der Waals surface area contributed by atoms with Crippen molar-refractivity contribution in [2.24, 2.45) is 4.99 Å². The van der Waals surface area contributed by atoms with Crippen molar-refractivity contribution < 1.29 is 33.6 Å². The monoisotopic (exact) mass is 695 g/mol. The van der Waals surface area contributed by atoms with E-state index in [0.29, 0.717) is 37.3 Å². The second kappa shape index (κ2) is 16.1. The third-order valence-corrected chi connectivity index (χ3v) is 7.78. The average molecular weight is 697 g/mol. The van der Waals surface area contributed by atoms with Crippen LogP contribution in [0.25, 0.3) is 0 Å². The van der Waals surface area contributed by atoms with Crippen molar-refractivity contribution >= 4 is 33.7 Å². The predicted molar refractivity (Wildman–Crippen MR) is 179 cm³/mol. The van der Waals surface area contributed by atoms with Crippen LogP contribution in [0.5, 0.6) is 11.5 Å². The van der Waals surface area contributed by atoms with Crippen molar-refractivity contribution in [1.82, 2.24) is 10.9 Å². The summed E-state index contributed by atoms with van der Waals surface area (Å²) < 4.78 is 24.1. The first kappa shape index (κ1) is 34.9. The molecule has 0 radical (unpaired) electrons. The third kappa shape index (κ3) is 9.31. The Labute approximate surface area is 278 Å². The quantitative estimate of drug-likeness (QED) is 0.109. The lowest BCUT2D eigenvalue weighted by molar-refractivity contribution is -0.155. The first-order chi connectivity index (χ1) is 22.0. The molecule has 4 rings (SSSR count). The number of hydrogen-bond acceptors (Lipinski definition) is 9. The van der Waals surface area contributed by atoms with Gasteiger partial charge in [-0.15, -0.1) is 0 Å². The van der Waals surface area contributed by atoms with Gasteiger partial charge in [-0.25, -0.2) is 10.4 Å². The number of benzene rings is 3. The van der Waals surface area contributed by atoms with E-state index in [9.17, 15) is 9.59 Å². The third-order valence-electron chi connectivity index (χ3n) is 7.25. The number of nitrogens with one attached hydrogen (secondary N) is 2. The fourth-order valence-electron chi connectivity index (χ4n) is 5.05. The molecule has 0 aromatic heterocycles. The molecule has 3 aromatic rings. The lowest BCUT2D eigenvalue weighted by atomic mass is 9.83. The van der Waals surface area contributed by atoms with Gasteiger partial charge in [0, 0.05) is 36.0 Å². The van der Waals surface area contributed by atoms with Gasteiger partial charge in [-0.05, 0) is 87.2 Å². The van der Waals surface area contributed by atoms with E-state index >= 15 is 0 Å². The standard InChI is InChI=1S/C35H42BrN3O7/c1-34(2,3)46-30(41)18-20-35(33(42)39-37-21-19-24-8-5-6-9-29(24)43-4)31(25-10-14-27(36)15-11-25)45-32(38-35)26-12-16-28(17-13-26)44-23-7-22-40/h5-6,8-17,31,37,40H,7,18-23H2,1-4H3,(H,39,42)/t31-,35-/m0/s1. The van der Waals surface area contributed by atoms with Crippen molar-refractivity contribution in [2.45, 2.75) is 63.7 Å². The SMILES string of the molecule is COc1ccccc1CCNNC(=O)[C@@]1(CCC(=O)OC(C)(C)C)N=C(c2ccc(OCCCO)cc2)O[C@H]1c1ccc(Br)cc1. The van der Waals surface area contributed by atoms with Crippen molar-refractivity contribution in [3.05, 3.63) is 94.0 Å². The number of para-hydroxylation sites is 1. The average Bonchev–Trinajstić information content (AvgIpc) is 3.43. The summed E-state index contributed by atoms with van der Waals surface area (Å²) >= 11 is 3.48. The highest BCUT2D eigenvalue weighted by atomic mass is 79.9. The molecule has 1 aliphatic heterocycles. The predicted octanol–water partition coefficient (Wildman–Crippen LogP) is 5.46. The lowest BCUT2D eigenvalue weighted by Crippen LogP contribution is -2.53. The fourth-order valence-corrected chi connectivity index (χ4v) is 5.32. The van der Waals surface area contributed by atoms with E-state index in [2.05, 4.69) is 26.8 Å². The summed E-state index contributed by atoms with van der Waals surface area (Å²) in [5, 5.41) is 9.05. The second-order valence-corrected chi connectivity index (χ2v) is 12.8. The molecule has 3 aromatic carbocycles. The van der Waals surface area contributed by atoms with Crippen LogP contribution < -0.4 is 20.3 Å². The van der Waals surface area contributed by atoms with Crippen LogP contribution >= 0.6 is 15.9 Å². The Morgan fingerprint density at radius 3 is 2.43 bits per heavy atom. The van der Waals surface area contributed by atoms with Gasteiger partial charge in [-0.3, -0.25) is 15.0 Å². The number of carbonyl (C=O) groups is 2. The molecule has 2 atom stereocenters. The molecule has 1 amide bonds. The summed E-state index contributed by atoms with van der Waals surface area (Å²) in [6, 6.07) is 22.4. The molecule has 1 aliphatic rings. The number of ether oxygens (including phenoxy) is 4. The summed E-state index contributed by atoms with van der Waals surface area (Å²) in [4.78, 5) is 32.1. The van der Waals surface area contributed by atoms with E-state index < -0.39 is 29.1 Å². The van der Waals surface area contributed by atoms with E-state index in [1.54, 1.807) is 52.1 Å². The molecule has 46 heavy (non-hydrogen) atoms. The lowest BCUT2D eigenvalue weighted by Gasteiger charge is -2.31. The molecule has 3 N–H and O–H groups in total. The maximum atomic E-state index is 14.2. The molecular weight excluding hydrogens is 654 g/mol. The minimum absolute atomic E-state index is 0.0362. The number of hydrogen-bond donors (Lipinski definition) is 3. The molecule has 11 heteroatoms. The van der Waals surface area contributed by atoms with Crippen LogP contribution in [0.2, 0.25) is 0 Å². The Morgan fingerprint density at radius 1 is 1.04 bits per heavy atom. The summed E-state index contributed by atoms with van der Waals surface area (Å²) in [6.45, 7) is 6.26. The van der Waals surface area contributed by atoms with Crippen molar-refractivity contribution in [3.63, 3.8) is 0 Å². The Bertz CT molecular complexity index is 1490. The molecule has 0 saturated carbocycles. The topological polar surface area (TPSA) is 128 Å².